The number of carboxylic acid groups (broad SMARTS) is 1. The van der Waals surface area contributed by atoms with E-state index in [2.05, 4.69) is 10.3 Å². The summed E-state index contributed by atoms with van der Waals surface area (Å²) in [7, 11) is 0. The number of nitrogens with one attached hydrogen (secondary N) is 1. The molecule has 0 spiro atoms. The molecule has 0 aliphatic heterocycles. The van der Waals surface area contributed by atoms with Gasteiger partial charge in [0.05, 0.1) is 22.4 Å². The third-order valence-corrected chi connectivity index (χ3v) is 5.53. The molecule has 0 radical (unpaired) electrons. The molecule has 2 heterocycles. The molecular weight excluding hydrogens is 308 g/mol. The monoisotopic (exact) mass is 322 g/mol. The maximum absolute atomic E-state index is 12.2. The van der Waals surface area contributed by atoms with Crippen molar-refractivity contribution in [1.82, 2.24) is 4.98 Å². The highest BCUT2D eigenvalue weighted by Gasteiger charge is 2.65. The lowest BCUT2D eigenvalue weighted by atomic mass is 10.1. The number of hydrogen-bond acceptors (Lipinski definition) is 5. The molecule has 1 saturated carbocycles. The summed E-state index contributed by atoms with van der Waals surface area (Å²) in [6.07, 6.45) is 0. The second kappa shape index (κ2) is 4.92. The Hall–Kier alpha value is -1.73. The first-order valence-corrected chi connectivity index (χ1v) is 8.20. The molecule has 1 amide bonds. The van der Waals surface area contributed by atoms with Crippen molar-refractivity contribution < 1.29 is 14.7 Å². The first-order valence-electron chi connectivity index (χ1n) is 6.44. The van der Waals surface area contributed by atoms with Crippen molar-refractivity contribution in [3.05, 3.63) is 22.9 Å². The molecule has 0 aromatic carbocycles. The van der Waals surface area contributed by atoms with Gasteiger partial charge in [-0.1, -0.05) is 19.9 Å². The van der Waals surface area contributed by atoms with E-state index in [0.29, 0.717) is 5.13 Å². The predicted octanol–water partition coefficient (Wildman–Crippen LogP) is 3.17. The summed E-state index contributed by atoms with van der Waals surface area (Å²) in [4.78, 5) is 28.7. The first kappa shape index (κ1) is 14.2. The molecule has 0 saturated heterocycles. The maximum atomic E-state index is 12.2. The molecule has 1 fully saturated rings. The molecule has 7 heteroatoms. The van der Waals surface area contributed by atoms with Gasteiger partial charge in [-0.3, -0.25) is 9.59 Å². The number of anilines is 1. The summed E-state index contributed by atoms with van der Waals surface area (Å²) in [6.45, 7) is 3.60. The third kappa shape index (κ3) is 2.47. The molecular formula is C14H14N2O3S2. The van der Waals surface area contributed by atoms with Crippen LogP contribution in [0.1, 0.15) is 13.8 Å². The van der Waals surface area contributed by atoms with Crippen molar-refractivity contribution in [2.24, 2.45) is 17.3 Å². The Morgan fingerprint density at radius 2 is 2.10 bits per heavy atom. The zero-order chi connectivity index (χ0) is 15.2. The van der Waals surface area contributed by atoms with Gasteiger partial charge in [-0.25, -0.2) is 4.98 Å². The maximum Gasteiger partial charge on any atom is 0.307 e. The zero-order valence-electron chi connectivity index (χ0n) is 11.5. The first-order chi connectivity index (χ1) is 9.91. The van der Waals surface area contributed by atoms with Gasteiger partial charge in [0.25, 0.3) is 0 Å². The largest absolute Gasteiger partial charge is 0.481 e. The van der Waals surface area contributed by atoms with Gasteiger partial charge < -0.3 is 10.4 Å². The minimum atomic E-state index is -0.918. The third-order valence-electron chi connectivity index (χ3n) is 3.88. The van der Waals surface area contributed by atoms with Crippen molar-refractivity contribution in [3.8, 4) is 10.6 Å². The van der Waals surface area contributed by atoms with Crippen LogP contribution in [-0.2, 0) is 9.59 Å². The molecule has 1 aliphatic carbocycles. The van der Waals surface area contributed by atoms with Crippen LogP contribution < -0.4 is 5.32 Å². The average molecular weight is 322 g/mol. The van der Waals surface area contributed by atoms with Crippen LogP contribution in [0.25, 0.3) is 10.6 Å². The molecule has 1 aliphatic rings. The summed E-state index contributed by atoms with van der Waals surface area (Å²) < 4.78 is 0. The van der Waals surface area contributed by atoms with Crippen molar-refractivity contribution in [3.63, 3.8) is 0 Å². The van der Waals surface area contributed by atoms with Crippen LogP contribution in [-0.4, -0.2) is 22.0 Å². The smallest absolute Gasteiger partial charge is 0.307 e. The Kier molecular flexibility index (Phi) is 3.33. The highest BCUT2D eigenvalue weighted by molar-refractivity contribution is 7.16. The number of carbonyl (C=O) groups is 2. The van der Waals surface area contributed by atoms with E-state index in [0.717, 1.165) is 10.6 Å². The minimum absolute atomic E-state index is 0.264. The number of carbonyl (C=O) groups excluding carboxylic acids is 1. The van der Waals surface area contributed by atoms with Gasteiger partial charge in [0.1, 0.15) is 0 Å². The number of amides is 1. The van der Waals surface area contributed by atoms with Crippen molar-refractivity contribution in [2.45, 2.75) is 13.8 Å². The van der Waals surface area contributed by atoms with Crippen molar-refractivity contribution >= 4 is 39.7 Å². The van der Waals surface area contributed by atoms with E-state index in [1.54, 1.807) is 25.2 Å². The number of rotatable bonds is 4. The lowest BCUT2D eigenvalue weighted by molar-refractivity contribution is -0.140. The van der Waals surface area contributed by atoms with Gasteiger partial charge in [-0.05, 0) is 16.9 Å². The van der Waals surface area contributed by atoms with Gasteiger partial charge in [0, 0.05) is 5.38 Å². The summed E-state index contributed by atoms with van der Waals surface area (Å²) in [5, 5.41) is 16.2. The summed E-state index contributed by atoms with van der Waals surface area (Å²) in [5.74, 6) is -2.30. The Balaban J connectivity index is 1.71. The fourth-order valence-electron chi connectivity index (χ4n) is 2.64. The Bertz CT molecular complexity index is 691. The fraction of sp³-hybridized carbons (Fsp3) is 0.357. The molecule has 110 valence electrons. The van der Waals surface area contributed by atoms with Crippen LogP contribution in [0.3, 0.4) is 0 Å². The van der Waals surface area contributed by atoms with Gasteiger partial charge in [0.15, 0.2) is 5.13 Å². The molecule has 3 rings (SSSR count). The normalized spacial score (nSPS) is 22.8. The standard InChI is InChI=1S/C14H14N2O3S2/c1-14(2)9(10(14)12(18)19)11(17)16-13-15-7(6-21-13)8-4-3-5-20-8/h3-6,9-10H,1-2H3,(H,18,19)(H,15,16,17)/t9-,10-/m1/s1. The number of aliphatic carboxylic acids is 1. The van der Waals surface area contributed by atoms with Crippen LogP contribution in [0.4, 0.5) is 5.13 Å². The molecule has 2 aromatic rings. The number of thiophene rings is 1. The number of thiazole rings is 1. The van der Waals surface area contributed by atoms with E-state index < -0.39 is 23.2 Å². The zero-order valence-corrected chi connectivity index (χ0v) is 13.1. The van der Waals surface area contributed by atoms with Crippen LogP contribution in [0, 0.1) is 17.3 Å². The van der Waals surface area contributed by atoms with Crippen molar-refractivity contribution in [2.75, 3.05) is 5.32 Å². The lowest BCUT2D eigenvalue weighted by Crippen LogP contribution is -2.17. The van der Waals surface area contributed by atoms with Gasteiger partial charge in [-0.15, -0.1) is 22.7 Å². The van der Waals surface area contributed by atoms with Gasteiger partial charge in [-0.2, -0.15) is 0 Å². The van der Waals surface area contributed by atoms with E-state index in [4.69, 9.17) is 5.11 Å². The molecule has 5 nitrogen and oxygen atoms in total. The molecule has 0 bridgehead atoms. The highest BCUT2D eigenvalue weighted by Crippen LogP contribution is 2.58. The van der Waals surface area contributed by atoms with Crippen molar-refractivity contribution in [1.29, 1.82) is 0 Å². The van der Waals surface area contributed by atoms with E-state index in [1.165, 1.54) is 11.3 Å². The van der Waals surface area contributed by atoms with Crippen LogP contribution in [0.5, 0.6) is 0 Å². The summed E-state index contributed by atoms with van der Waals surface area (Å²) in [6, 6.07) is 3.91. The Morgan fingerprint density at radius 3 is 2.67 bits per heavy atom. The summed E-state index contributed by atoms with van der Waals surface area (Å²) in [5.41, 5.74) is 0.333. The number of hydrogen-bond donors (Lipinski definition) is 2. The molecule has 21 heavy (non-hydrogen) atoms. The van der Waals surface area contributed by atoms with E-state index in [1.807, 2.05) is 22.9 Å². The minimum Gasteiger partial charge on any atom is -0.481 e. The SMILES string of the molecule is CC1(C)[C@@H](C(=O)O)[C@@H]1C(=O)Nc1nc(-c2cccs2)cs1. The molecule has 2 atom stereocenters. The van der Waals surface area contributed by atoms with Crippen LogP contribution >= 0.6 is 22.7 Å². The van der Waals surface area contributed by atoms with E-state index in [-0.39, 0.29) is 5.91 Å². The predicted molar refractivity (Wildman–Crippen MR) is 82.5 cm³/mol. The molecule has 0 unspecified atom stereocenters. The van der Waals surface area contributed by atoms with Gasteiger partial charge >= 0.3 is 5.97 Å². The second-order valence-corrected chi connectivity index (χ2v) is 7.43. The Labute approximate surface area is 129 Å². The van der Waals surface area contributed by atoms with E-state index >= 15 is 0 Å². The average Bonchev–Trinajstić information content (AvgIpc) is 2.85. The number of aromatic nitrogens is 1. The molecule has 2 N–H and O–H groups in total. The number of carboxylic acids is 1. The lowest BCUT2D eigenvalue weighted by Gasteiger charge is -2.02. The quantitative estimate of drug-likeness (QED) is 0.906. The van der Waals surface area contributed by atoms with Crippen LogP contribution in [0.15, 0.2) is 22.9 Å². The topological polar surface area (TPSA) is 79.3 Å². The highest BCUT2D eigenvalue weighted by atomic mass is 32.1. The number of nitrogens with zero attached hydrogens (tertiary/aromatic N) is 1. The Morgan fingerprint density at radius 1 is 1.33 bits per heavy atom. The summed E-state index contributed by atoms with van der Waals surface area (Å²) >= 11 is 2.93. The van der Waals surface area contributed by atoms with Crippen LogP contribution in [0.2, 0.25) is 0 Å². The fourth-order valence-corrected chi connectivity index (χ4v) is 4.11. The van der Waals surface area contributed by atoms with Gasteiger partial charge in [0.2, 0.25) is 5.91 Å². The van der Waals surface area contributed by atoms with E-state index in [9.17, 15) is 9.59 Å². The second-order valence-electron chi connectivity index (χ2n) is 5.62. The molecule has 2 aromatic heterocycles.